The quantitative estimate of drug-likeness (QED) is 0.844. The van der Waals surface area contributed by atoms with Crippen molar-refractivity contribution in [2.75, 3.05) is 13.1 Å². The molecule has 1 saturated heterocycles. The molecular weight excluding hydrogens is 222 g/mol. The van der Waals surface area contributed by atoms with E-state index >= 15 is 0 Å². The molecular formula is C12H17NO2S. The van der Waals surface area contributed by atoms with Crippen molar-refractivity contribution >= 4 is 17.3 Å². The lowest BCUT2D eigenvalue weighted by Gasteiger charge is -2.21. The highest BCUT2D eigenvalue weighted by Gasteiger charge is 2.41. The summed E-state index contributed by atoms with van der Waals surface area (Å²) in [6, 6.07) is 4.18. The largest absolute Gasteiger partial charge is 0.481 e. The lowest BCUT2D eigenvalue weighted by Crippen LogP contribution is -2.35. The second-order valence-electron chi connectivity index (χ2n) is 4.41. The van der Waals surface area contributed by atoms with Crippen LogP contribution in [0.1, 0.15) is 23.1 Å². The van der Waals surface area contributed by atoms with Gasteiger partial charge in [0.25, 0.3) is 0 Å². The summed E-state index contributed by atoms with van der Waals surface area (Å²) in [4.78, 5) is 13.9. The smallest absolute Gasteiger partial charge is 0.311 e. The van der Waals surface area contributed by atoms with Crippen LogP contribution in [0.25, 0.3) is 0 Å². The van der Waals surface area contributed by atoms with Gasteiger partial charge in [-0.05, 0) is 37.9 Å². The number of nitrogens with one attached hydrogen (secondary N) is 1. The van der Waals surface area contributed by atoms with Crippen LogP contribution >= 0.6 is 11.3 Å². The van der Waals surface area contributed by atoms with Crippen LogP contribution < -0.4 is 5.32 Å². The van der Waals surface area contributed by atoms with Crippen molar-refractivity contribution in [2.24, 2.45) is 5.41 Å². The van der Waals surface area contributed by atoms with Crippen LogP contribution in [0, 0.1) is 5.41 Å². The molecule has 1 unspecified atom stereocenters. The van der Waals surface area contributed by atoms with Crippen LogP contribution in [0.2, 0.25) is 0 Å². The van der Waals surface area contributed by atoms with Crippen LogP contribution in [-0.2, 0) is 17.6 Å². The molecule has 0 spiro atoms. The molecule has 1 fully saturated rings. The summed E-state index contributed by atoms with van der Waals surface area (Å²) in [6.07, 6.45) is 2.44. The Morgan fingerprint density at radius 2 is 2.31 bits per heavy atom. The average Bonchev–Trinajstić information content (AvgIpc) is 2.88. The van der Waals surface area contributed by atoms with E-state index in [-0.39, 0.29) is 0 Å². The maximum atomic E-state index is 11.4. The Bertz CT molecular complexity index is 380. The minimum absolute atomic E-state index is 0.574. The molecule has 4 heteroatoms. The fourth-order valence-electron chi connectivity index (χ4n) is 2.19. The number of aryl methyl sites for hydroxylation is 1. The Kier molecular flexibility index (Phi) is 3.30. The van der Waals surface area contributed by atoms with Crippen LogP contribution in [-0.4, -0.2) is 24.2 Å². The first-order chi connectivity index (χ1) is 7.66. The third-order valence-electron chi connectivity index (χ3n) is 3.28. The molecule has 2 heterocycles. The van der Waals surface area contributed by atoms with E-state index in [4.69, 9.17) is 0 Å². The molecule has 16 heavy (non-hydrogen) atoms. The molecule has 2 N–H and O–H groups in total. The third-order valence-corrected chi connectivity index (χ3v) is 4.51. The first kappa shape index (κ1) is 11.6. The standard InChI is InChI=1S/C12H17NO2S/c1-2-9-3-4-10(16-9)7-12(11(14)15)5-6-13-8-12/h3-4,13H,2,5-8H2,1H3,(H,14,15). The molecule has 3 nitrogen and oxygen atoms in total. The van der Waals surface area contributed by atoms with Crippen molar-refractivity contribution in [1.82, 2.24) is 5.32 Å². The molecule has 0 amide bonds. The normalized spacial score (nSPS) is 24.8. The SMILES string of the molecule is CCc1ccc(CC2(C(=O)O)CCNC2)s1. The van der Waals surface area contributed by atoms with Gasteiger partial charge in [0.1, 0.15) is 0 Å². The molecule has 2 rings (SSSR count). The fourth-order valence-corrected chi connectivity index (χ4v) is 3.30. The van der Waals surface area contributed by atoms with E-state index in [0.717, 1.165) is 19.4 Å². The maximum Gasteiger partial charge on any atom is 0.311 e. The lowest BCUT2D eigenvalue weighted by molar-refractivity contribution is -0.147. The van der Waals surface area contributed by atoms with E-state index in [0.29, 0.717) is 13.0 Å². The number of carboxylic acids is 1. The summed E-state index contributed by atoms with van der Waals surface area (Å²) in [6.45, 7) is 3.54. The number of hydrogen-bond acceptors (Lipinski definition) is 3. The van der Waals surface area contributed by atoms with Gasteiger partial charge in [-0.1, -0.05) is 6.92 Å². The van der Waals surface area contributed by atoms with Gasteiger partial charge in [-0.3, -0.25) is 4.79 Å². The molecule has 0 aliphatic carbocycles. The van der Waals surface area contributed by atoms with E-state index in [1.807, 2.05) is 0 Å². The predicted octanol–water partition coefficient (Wildman–Crippen LogP) is 1.92. The van der Waals surface area contributed by atoms with E-state index in [2.05, 4.69) is 24.4 Å². The monoisotopic (exact) mass is 239 g/mol. The lowest BCUT2D eigenvalue weighted by atomic mass is 9.83. The van der Waals surface area contributed by atoms with Crippen LogP contribution in [0.4, 0.5) is 0 Å². The highest BCUT2D eigenvalue weighted by Crippen LogP contribution is 2.33. The first-order valence-corrected chi connectivity index (χ1v) is 6.50. The molecule has 1 aromatic heterocycles. The molecule has 0 radical (unpaired) electrons. The Labute approximate surface area is 99.5 Å². The molecule has 1 aromatic rings. The van der Waals surface area contributed by atoms with Gasteiger partial charge in [-0.25, -0.2) is 0 Å². The third kappa shape index (κ3) is 2.13. The van der Waals surface area contributed by atoms with E-state index in [9.17, 15) is 9.90 Å². The van der Waals surface area contributed by atoms with Crippen molar-refractivity contribution < 1.29 is 9.90 Å². The molecule has 0 bridgehead atoms. The summed E-state index contributed by atoms with van der Waals surface area (Å²) >= 11 is 1.74. The van der Waals surface area contributed by atoms with Crippen LogP contribution in [0.15, 0.2) is 12.1 Å². The number of rotatable bonds is 4. The van der Waals surface area contributed by atoms with Crippen molar-refractivity contribution in [3.63, 3.8) is 0 Å². The van der Waals surface area contributed by atoms with Crippen molar-refractivity contribution in [3.8, 4) is 0 Å². The number of aliphatic carboxylic acids is 1. The number of carboxylic acid groups (broad SMARTS) is 1. The van der Waals surface area contributed by atoms with Gasteiger partial charge >= 0.3 is 5.97 Å². The summed E-state index contributed by atoms with van der Waals surface area (Å²) in [5.74, 6) is -0.663. The van der Waals surface area contributed by atoms with Crippen molar-refractivity contribution in [2.45, 2.75) is 26.2 Å². The predicted molar refractivity (Wildman–Crippen MR) is 65.0 cm³/mol. The summed E-state index contributed by atoms with van der Waals surface area (Å²) in [5.41, 5.74) is -0.574. The topological polar surface area (TPSA) is 49.3 Å². The number of thiophene rings is 1. The Morgan fingerprint density at radius 1 is 1.56 bits per heavy atom. The van der Waals surface area contributed by atoms with Crippen molar-refractivity contribution in [3.05, 3.63) is 21.9 Å². The fraction of sp³-hybridized carbons (Fsp3) is 0.583. The summed E-state index contributed by atoms with van der Waals surface area (Å²) < 4.78 is 0. The van der Waals surface area contributed by atoms with Crippen molar-refractivity contribution in [1.29, 1.82) is 0 Å². The number of hydrogen-bond donors (Lipinski definition) is 2. The molecule has 88 valence electrons. The van der Waals surface area contributed by atoms with Gasteiger partial charge in [-0.2, -0.15) is 0 Å². The minimum Gasteiger partial charge on any atom is -0.481 e. The average molecular weight is 239 g/mol. The zero-order valence-corrected chi connectivity index (χ0v) is 10.3. The second kappa shape index (κ2) is 4.55. The second-order valence-corrected chi connectivity index (χ2v) is 5.66. The summed E-state index contributed by atoms with van der Waals surface area (Å²) in [5, 5.41) is 12.5. The zero-order chi connectivity index (χ0) is 11.6. The van der Waals surface area contributed by atoms with Gasteiger partial charge < -0.3 is 10.4 Å². The Hall–Kier alpha value is -0.870. The van der Waals surface area contributed by atoms with Crippen LogP contribution in [0.5, 0.6) is 0 Å². The van der Waals surface area contributed by atoms with Gasteiger partial charge in [0.05, 0.1) is 5.41 Å². The molecule has 0 aromatic carbocycles. The molecule has 0 saturated carbocycles. The van der Waals surface area contributed by atoms with Gasteiger partial charge in [-0.15, -0.1) is 11.3 Å². The Morgan fingerprint density at radius 3 is 2.81 bits per heavy atom. The highest BCUT2D eigenvalue weighted by atomic mass is 32.1. The minimum atomic E-state index is -0.663. The number of carbonyl (C=O) groups is 1. The maximum absolute atomic E-state index is 11.4. The highest BCUT2D eigenvalue weighted by molar-refractivity contribution is 7.12. The van der Waals surface area contributed by atoms with E-state index in [1.165, 1.54) is 9.75 Å². The van der Waals surface area contributed by atoms with Gasteiger partial charge in [0, 0.05) is 16.3 Å². The van der Waals surface area contributed by atoms with Gasteiger partial charge in [0.15, 0.2) is 0 Å². The van der Waals surface area contributed by atoms with Gasteiger partial charge in [0.2, 0.25) is 0 Å². The summed E-state index contributed by atoms with van der Waals surface area (Å²) in [7, 11) is 0. The first-order valence-electron chi connectivity index (χ1n) is 5.68. The molecule has 1 aliphatic heterocycles. The molecule has 1 atom stereocenters. The zero-order valence-electron chi connectivity index (χ0n) is 9.45. The molecule has 1 aliphatic rings. The van der Waals surface area contributed by atoms with E-state index in [1.54, 1.807) is 11.3 Å². The van der Waals surface area contributed by atoms with E-state index < -0.39 is 11.4 Å². The Balaban J connectivity index is 2.14. The van der Waals surface area contributed by atoms with Crippen LogP contribution in [0.3, 0.4) is 0 Å².